The highest BCUT2D eigenvalue weighted by Crippen LogP contribution is 2.48. The van der Waals surface area contributed by atoms with Crippen molar-refractivity contribution in [3.05, 3.63) is 35.9 Å². The Labute approximate surface area is 116 Å². The van der Waals surface area contributed by atoms with Crippen LogP contribution in [0.5, 0.6) is 0 Å². The van der Waals surface area contributed by atoms with E-state index in [0.29, 0.717) is 6.04 Å². The molecule has 1 aromatic carbocycles. The van der Waals surface area contributed by atoms with Crippen molar-refractivity contribution in [3.63, 3.8) is 0 Å². The fraction of sp³-hybridized carbons (Fsp3) is 0.588. The second-order valence-electron chi connectivity index (χ2n) is 5.82. The zero-order valence-electron chi connectivity index (χ0n) is 12.1. The smallest absolute Gasteiger partial charge is 0.230 e. The molecule has 0 aliphatic heterocycles. The van der Waals surface area contributed by atoms with Crippen molar-refractivity contribution in [1.82, 2.24) is 5.32 Å². The number of rotatable bonds is 7. The van der Waals surface area contributed by atoms with Crippen LogP contribution in [0.2, 0.25) is 0 Å². The number of benzene rings is 1. The zero-order valence-corrected chi connectivity index (χ0v) is 12.1. The first-order valence-electron chi connectivity index (χ1n) is 7.55. The molecule has 1 atom stereocenters. The monoisotopic (exact) mass is 259 g/mol. The SMILES string of the molecule is CCCCCC(C)NC(=O)C1(c2ccccc2)CC1. The summed E-state index contributed by atoms with van der Waals surface area (Å²) in [4.78, 5) is 12.5. The van der Waals surface area contributed by atoms with Crippen molar-refractivity contribution >= 4 is 5.91 Å². The second kappa shape index (κ2) is 6.23. The fourth-order valence-corrected chi connectivity index (χ4v) is 2.66. The number of carbonyl (C=O) groups is 1. The van der Waals surface area contributed by atoms with Gasteiger partial charge in [0, 0.05) is 6.04 Å². The maximum atomic E-state index is 12.5. The molecular weight excluding hydrogens is 234 g/mol. The number of nitrogens with one attached hydrogen (secondary N) is 1. The van der Waals surface area contributed by atoms with Crippen LogP contribution in [-0.2, 0) is 10.2 Å². The number of carbonyl (C=O) groups excluding carboxylic acids is 1. The average molecular weight is 259 g/mol. The average Bonchev–Trinajstić information content (AvgIpc) is 3.21. The lowest BCUT2D eigenvalue weighted by Crippen LogP contribution is -2.40. The number of hydrogen-bond acceptors (Lipinski definition) is 1. The molecule has 1 N–H and O–H groups in total. The predicted molar refractivity (Wildman–Crippen MR) is 79.1 cm³/mol. The van der Waals surface area contributed by atoms with Gasteiger partial charge < -0.3 is 5.32 Å². The third-order valence-corrected chi connectivity index (χ3v) is 4.13. The summed E-state index contributed by atoms with van der Waals surface area (Å²) >= 11 is 0. The molecule has 19 heavy (non-hydrogen) atoms. The molecule has 2 rings (SSSR count). The maximum absolute atomic E-state index is 12.5. The molecule has 1 aliphatic rings. The molecule has 2 nitrogen and oxygen atoms in total. The van der Waals surface area contributed by atoms with E-state index < -0.39 is 0 Å². The predicted octanol–water partition coefficient (Wildman–Crippen LogP) is 3.80. The quantitative estimate of drug-likeness (QED) is 0.741. The highest BCUT2D eigenvalue weighted by molar-refractivity contribution is 5.91. The first kappa shape index (κ1) is 14.1. The van der Waals surface area contributed by atoms with Gasteiger partial charge in [-0.2, -0.15) is 0 Å². The van der Waals surface area contributed by atoms with Crippen LogP contribution in [-0.4, -0.2) is 11.9 Å². The Hall–Kier alpha value is -1.31. The van der Waals surface area contributed by atoms with E-state index in [0.717, 1.165) is 19.3 Å². The summed E-state index contributed by atoms with van der Waals surface area (Å²) in [6.07, 6.45) is 6.76. The molecule has 0 spiro atoms. The van der Waals surface area contributed by atoms with Gasteiger partial charge >= 0.3 is 0 Å². The molecule has 2 heteroatoms. The van der Waals surface area contributed by atoms with Gasteiger partial charge in [-0.25, -0.2) is 0 Å². The third kappa shape index (κ3) is 3.37. The maximum Gasteiger partial charge on any atom is 0.230 e. The molecule has 104 valence electrons. The highest BCUT2D eigenvalue weighted by atomic mass is 16.2. The Morgan fingerprint density at radius 1 is 1.26 bits per heavy atom. The van der Waals surface area contributed by atoms with Crippen molar-refractivity contribution in [3.8, 4) is 0 Å². The minimum absolute atomic E-state index is 0.222. The Bertz CT molecular complexity index is 409. The molecule has 0 heterocycles. The molecule has 0 bridgehead atoms. The summed E-state index contributed by atoms with van der Waals surface area (Å²) in [6.45, 7) is 4.33. The van der Waals surface area contributed by atoms with Gasteiger partial charge in [-0.3, -0.25) is 4.79 Å². The van der Waals surface area contributed by atoms with Crippen LogP contribution in [0, 0.1) is 0 Å². The summed E-state index contributed by atoms with van der Waals surface area (Å²) in [5.41, 5.74) is 0.952. The minimum Gasteiger partial charge on any atom is -0.353 e. The molecule has 1 aromatic rings. The van der Waals surface area contributed by atoms with Crippen LogP contribution < -0.4 is 5.32 Å². The molecule has 0 radical (unpaired) electrons. The molecule has 1 saturated carbocycles. The van der Waals surface area contributed by atoms with E-state index in [1.807, 2.05) is 18.2 Å². The van der Waals surface area contributed by atoms with Gasteiger partial charge in [0.05, 0.1) is 5.41 Å². The van der Waals surface area contributed by atoms with E-state index in [2.05, 4.69) is 31.3 Å². The molecule has 1 aliphatic carbocycles. The number of amides is 1. The largest absolute Gasteiger partial charge is 0.353 e. The van der Waals surface area contributed by atoms with Crippen LogP contribution in [0.1, 0.15) is 57.9 Å². The van der Waals surface area contributed by atoms with Crippen LogP contribution >= 0.6 is 0 Å². The molecular formula is C17H25NO. The molecule has 0 saturated heterocycles. The van der Waals surface area contributed by atoms with Gasteiger partial charge in [-0.05, 0) is 31.7 Å². The Kier molecular flexibility index (Phi) is 4.62. The molecule has 0 aromatic heterocycles. The van der Waals surface area contributed by atoms with Crippen LogP contribution in [0.3, 0.4) is 0 Å². The van der Waals surface area contributed by atoms with E-state index in [1.165, 1.54) is 24.8 Å². The van der Waals surface area contributed by atoms with E-state index in [1.54, 1.807) is 0 Å². The van der Waals surface area contributed by atoms with Gasteiger partial charge in [0.1, 0.15) is 0 Å². The summed E-state index contributed by atoms with van der Waals surface area (Å²) in [7, 11) is 0. The van der Waals surface area contributed by atoms with Crippen LogP contribution in [0.4, 0.5) is 0 Å². The Morgan fingerprint density at radius 3 is 2.53 bits per heavy atom. The van der Waals surface area contributed by atoms with E-state index in [4.69, 9.17) is 0 Å². The number of hydrogen-bond donors (Lipinski definition) is 1. The van der Waals surface area contributed by atoms with Gasteiger partial charge in [0.2, 0.25) is 5.91 Å². The van der Waals surface area contributed by atoms with Crippen molar-refractivity contribution < 1.29 is 4.79 Å². The normalized spacial score (nSPS) is 17.8. The summed E-state index contributed by atoms with van der Waals surface area (Å²) in [6, 6.07) is 10.5. The Balaban J connectivity index is 1.90. The molecule has 1 fully saturated rings. The van der Waals surface area contributed by atoms with Crippen molar-refractivity contribution in [2.24, 2.45) is 0 Å². The summed E-state index contributed by atoms with van der Waals surface area (Å²) in [5, 5.41) is 3.20. The first-order chi connectivity index (χ1) is 9.19. The summed E-state index contributed by atoms with van der Waals surface area (Å²) in [5.74, 6) is 0.225. The van der Waals surface area contributed by atoms with Crippen LogP contribution in [0.25, 0.3) is 0 Å². The van der Waals surface area contributed by atoms with E-state index >= 15 is 0 Å². The highest BCUT2D eigenvalue weighted by Gasteiger charge is 2.51. The van der Waals surface area contributed by atoms with E-state index in [-0.39, 0.29) is 11.3 Å². The van der Waals surface area contributed by atoms with Crippen molar-refractivity contribution in [1.29, 1.82) is 0 Å². The lowest BCUT2D eigenvalue weighted by Gasteiger charge is -2.20. The van der Waals surface area contributed by atoms with E-state index in [9.17, 15) is 4.79 Å². The van der Waals surface area contributed by atoms with Gasteiger partial charge in [0.25, 0.3) is 0 Å². The fourth-order valence-electron chi connectivity index (χ4n) is 2.66. The van der Waals surface area contributed by atoms with Gasteiger partial charge in [0.15, 0.2) is 0 Å². The Morgan fingerprint density at radius 2 is 1.95 bits per heavy atom. The first-order valence-corrected chi connectivity index (χ1v) is 7.55. The van der Waals surface area contributed by atoms with Crippen LogP contribution in [0.15, 0.2) is 30.3 Å². The zero-order chi connectivity index (χ0) is 13.7. The van der Waals surface area contributed by atoms with Gasteiger partial charge in [-0.1, -0.05) is 56.5 Å². The standard InChI is InChI=1S/C17H25NO/c1-3-4-6-9-14(2)18-16(19)17(12-13-17)15-10-7-5-8-11-15/h5,7-8,10-11,14H,3-4,6,9,12-13H2,1-2H3,(H,18,19). The van der Waals surface area contributed by atoms with Gasteiger partial charge in [-0.15, -0.1) is 0 Å². The van der Waals surface area contributed by atoms with Crippen molar-refractivity contribution in [2.75, 3.05) is 0 Å². The second-order valence-corrected chi connectivity index (χ2v) is 5.82. The molecule has 1 unspecified atom stereocenters. The summed E-state index contributed by atoms with van der Waals surface area (Å²) < 4.78 is 0. The topological polar surface area (TPSA) is 29.1 Å². The minimum atomic E-state index is -0.222. The lowest BCUT2D eigenvalue weighted by atomic mass is 9.94. The molecule has 1 amide bonds. The van der Waals surface area contributed by atoms with Crippen molar-refractivity contribution in [2.45, 2.75) is 63.8 Å². The lowest BCUT2D eigenvalue weighted by molar-refractivity contribution is -0.124. The third-order valence-electron chi connectivity index (χ3n) is 4.13. The number of unbranched alkanes of at least 4 members (excludes halogenated alkanes) is 2.